The molecule has 1 saturated heterocycles. The van der Waals surface area contributed by atoms with Gasteiger partial charge >= 0.3 is 0 Å². The Morgan fingerprint density at radius 3 is 2.59 bits per heavy atom. The van der Waals surface area contributed by atoms with Crippen LogP contribution < -0.4 is 10.1 Å². The maximum atomic E-state index is 13.9. The van der Waals surface area contributed by atoms with Crippen molar-refractivity contribution in [2.24, 2.45) is 5.41 Å². The number of halogens is 4. The van der Waals surface area contributed by atoms with Gasteiger partial charge in [0.2, 0.25) is 10.0 Å². The molecule has 0 aromatic heterocycles. The summed E-state index contributed by atoms with van der Waals surface area (Å²) < 4.78 is 47.1. The number of aliphatic hydroxyl groups excluding tert-OH is 1. The zero-order valence-corrected chi connectivity index (χ0v) is 21.4. The molecule has 0 saturated carbocycles. The lowest BCUT2D eigenvalue weighted by Gasteiger charge is -2.49. The van der Waals surface area contributed by atoms with Gasteiger partial charge in [-0.3, -0.25) is 0 Å². The number of aliphatic hydroxyl groups is 1. The first kappa shape index (κ1) is 28.6. The van der Waals surface area contributed by atoms with E-state index in [9.17, 15) is 17.9 Å². The molecule has 2 N–H and O–H groups in total. The molecule has 0 radical (unpaired) electrons. The van der Waals surface area contributed by atoms with Crippen LogP contribution in [0.4, 0.5) is 4.39 Å². The smallest absolute Gasteiger partial charge is 0.244 e. The Morgan fingerprint density at radius 1 is 1.29 bits per heavy atom. The van der Waals surface area contributed by atoms with Crippen molar-refractivity contribution >= 4 is 45.6 Å². The monoisotopic (exact) mass is 551 g/mol. The first-order chi connectivity index (χ1) is 15.6. The summed E-state index contributed by atoms with van der Waals surface area (Å²) in [5, 5.41) is 21.9. The maximum absolute atomic E-state index is 13.9. The number of nitrogens with zero attached hydrogens (tertiary/aromatic N) is 2. The number of nitrogens with one attached hydrogen (secondary N) is 1. The Hall–Kier alpha value is -1.64. The van der Waals surface area contributed by atoms with E-state index in [4.69, 9.17) is 33.2 Å². The third kappa shape index (κ3) is 6.73. The SMILES string of the molecule is CC(O)CCNCC1(COc2ccc(C#N)c(F)c2)CN(S(=O)(=O)c2ccc(Cl)cc2Cl)C1.Cl. The van der Waals surface area contributed by atoms with Crippen molar-refractivity contribution in [2.75, 3.05) is 32.8 Å². The lowest BCUT2D eigenvalue weighted by molar-refractivity contribution is 0.0188. The number of benzene rings is 2. The second-order valence-electron chi connectivity index (χ2n) is 8.20. The number of hydrogen-bond acceptors (Lipinski definition) is 6. The minimum atomic E-state index is -3.84. The Morgan fingerprint density at radius 2 is 2.00 bits per heavy atom. The van der Waals surface area contributed by atoms with Crippen LogP contribution in [0.15, 0.2) is 41.3 Å². The Labute approximate surface area is 214 Å². The Bertz CT molecular complexity index is 1150. The van der Waals surface area contributed by atoms with Crippen LogP contribution in [0.2, 0.25) is 10.0 Å². The highest BCUT2D eigenvalue weighted by Crippen LogP contribution is 2.37. The van der Waals surface area contributed by atoms with E-state index in [1.165, 1.54) is 34.6 Å². The molecule has 12 heteroatoms. The van der Waals surface area contributed by atoms with E-state index in [1.54, 1.807) is 13.0 Å². The summed E-state index contributed by atoms with van der Waals surface area (Å²) >= 11 is 12.0. The van der Waals surface area contributed by atoms with Crippen LogP contribution in [0.3, 0.4) is 0 Å². The Balaban J connectivity index is 0.00000408. The number of nitriles is 1. The van der Waals surface area contributed by atoms with Gasteiger partial charge in [0, 0.05) is 36.1 Å². The summed E-state index contributed by atoms with van der Waals surface area (Å²) in [5.41, 5.74) is -0.660. The van der Waals surface area contributed by atoms with Crippen molar-refractivity contribution in [1.29, 1.82) is 5.26 Å². The first-order valence-corrected chi connectivity index (χ1v) is 12.4. The van der Waals surface area contributed by atoms with Crippen molar-refractivity contribution in [3.05, 3.63) is 57.8 Å². The molecule has 1 aliphatic heterocycles. The highest BCUT2D eigenvalue weighted by atomic mass is 35.5. The van der Waals surface area contributed by atoms with Crippen molar-refractivity contribution in [2.45, 2.75) is 24.3 Å². The van der Waals surface area contributed by atoms with Gasteiger partial charge in [0.15, 0.2) is 0 Å². The quantitative estimate of drug-likeness (QED) is 0.434. The van der Waals surface area contributed by atoms with E-state index < -0.39 is 27.4 Å². The van der Waals surface area contributed by atoms with Crippen molar-refractivity contribution in [1.82, 2.24) is 9.62 Å². The van der Waals surface area contributed by atoms with Crippen LogP contribution in [-0.4, -0.2) is 56.7 Å². The van der Waals surface area contributed by atoms with Gasteiger partial charge in [-0.15, -0.1) is 12.4 Å². The van der Waals surface area contributed by atoms with Gasteiger partial charge in [-0.1, -0.05) is 23.2 Å². The summed E-state index contributed by atoms with van der Waals surface area (Å²) in [6.45, 7) is 3.11. The zero-order valence-electron chi connectivity index (χ0n) is 18.3. The zero-order chi connectivity index (χ0) is 24.2. The summed E-state index contributed by atoms with van der Waals surface area (Å²) in [7, 11) is -3.84. The average molecular weight is 553 g/mol. The molecule has 0 spiro atoms. The Kier molecular flexibility index (Phi) is 9.98. The van der Waals surface area contributed by atoms with Crippen molar-refractivity contribution in [3.8, 4) is 11.8 Å². The minimum absolute atomic E-state index is 0. The largest absolute Gasteiger partial charge is 0.493 e. The highest BCUT2D eigenvalue weighted by Gasteiger charge is 2.49. The molecule has 186 valence electrons. The molecule has 1 fully saturated rings. The van der Waals surface area contributed by atoms with Crippen LogP contribution in [0, 0.1) is 22.6 Å². The van der Waals surface area contributed by atoms with Crippen LogP contribution in [-0.2, 0) is 10.0 Å². The molecule has 7 nitrogen and oxygen atoms in total. The lowest BCUT2D eigenvalue weighted by atomic mass is 9.82. The molecule has 1 atom stereocenters. The number of hydrogen-bond donors (Lipinski definition) is 2. The van der Waals surface area contributed by atoms with Gasteiger partial charge < -0.3 is 15.2 Å². The normalized spacial score (nSPS) is 16.1. The second-order valence-corrected chi connectivity index (χ2v) is 11.0. The maximum Gasteiger partial charge on any atom is 0.244 e. The average Bonchev–Trinajstić information content (AvgIpc) is 2.71. The highest BCUT2D eigenvalue weighted by molar-refractivity contribution is 7.89. The van der Waals surface area contributed by atoms with Gasteiger partial charge in [0.25, 0.3) is 0 Å². The third-order valence-electron chi connectivity index (χ3n) is 5.38. The molecule has 0 amide bonds. The van der Waals surface area contributed by atoms with Crippen LogP contribution in [0.1, 0.15) is 18.9 Å². The summed E-state index contributed by atoms with van der Waals surface area (Å²) in [4.78, 5) is -0.0284. The first-order valence-electron chi connectivity index (χ1n) is 10.2. The van der Waals surface area contributed by atoms with E-state index in [0.29, 0.717) is 24.5 Å². The topological polar surface area (TPSA) is 103 Å². The third-order valence-corrected chi connectivity index (χ3v) is 7.89. The summed E-state index contributed by atoms with van der Waals surface area (Å²) in [5.74, 6) is -0.439. The number of ether oxygens (including phenoxy) is 1. The molecular formula is C22H25Cl3FN3O4S. The summed E-state index contributed by atoms with van der Waals surface area (Å²) in [6, 6.07) is 9.93. The molecule has 2 aromatic carbocycles. The number of rotatable bonds is 10. The van der Waals surface area contributed by atoms with Crippen molar-refractivity contribution < 1.29 is 22.7 Å². The van der Waals surface area contributed by atoms with Crippen LogP contribution in [0.5, 0.6) is 5.75 Å². The molecule has 0 bridgehead atoms. The fourth-order valence-corrected chi connectivity index (χ4v) is 5.94. The van der Waals surface area contributed by atoms with Gasteiger partial charge in [-0.2, -0.15) is 9.57 Å². The molecule has 1 heterocycles. The standard InChI is InChI=1S/C22H24Cl2FN3O4S.ClH/c1-15(29)6-7-27-11-22(14-32-18-4-2-16(10-26)20(25)9-18)12-28(13-22)33(30,31)21-5-3-17(23)8-19(21)24;/h2-5,8-9,15,27,29H,6-7,11-14H2,1H3;1H. The molecular weight excluding hydrogens is 528 g/mol. The minimum Gasteiger partial charge on any atom is -0.493 e. The molecule has 34 heavy (non-hydrogen) atoms. The van der Waals surface area contributed by atoms with E-state index in [2.05, 4.69) is 5.32 Å². The van der Waals surface area contributed by atoms with E-state index in [-0.39, 0.29) is 53.3 Å². The molecule has 2 aromatic rings. The van der Waals surface area contributed by atoms with Crippen LogP contribution in [0.25, 0.3) is 0 Å². The van der Waals surface area contributed by atoms with E-state index in [1.807, 2.05) is 0 Å². The van der Waals surface area contributed by atoms with Crippen LogP contribution >= 0.6 is 35.6 Å². The molecule has 1 aliphatic rings. The van der Waals surface area contributed by atoms with Crippen molar-refractivity contribution in [3.63, 3.8) is 0 Å². The molecule has 1 unspecified atom stereocenters. The van der Waals surface area contributed by atoms with Gasteiger partial charge in [-0.05, 0) is 50.2 Å². The van der Waals surface area contributed by atoms with Gasteiger partial charge in [0.1, 0.15) is 22.5 Å². The fourth-order valence-electron chi connectivity index (χ4n) is 3.53. The van der Waals surface area contributed by atoms with E-state index in [0.717, 1.165) is 6.07 Å². The number of sulfonamides is 1. The van der Waals surface area contributed by atoms with Gasteiger partial charge in [-0.25, -0.2) is 12.8 Å². The summed E-state index contributed by atoms with van der Waals surface area (Å²) in [6.07, 6.45) is 0.0804. The van der Waals surface area contributed by atoms with Gasteiger partial charge in [0.05, 0.1) is 23.3 Å². The lowest BCUT2D eigenvalue weighted by Crippen LogP contribution is -2.64. The second kappa shape index (κ2) is 11.9. The fraction of sp³-hybridized carbons (Fsp3) is 0.409. The molecule has 0 aliphatic carbocycles. The predicted molar refractivity (Wildman–Crippen MR) is 131 cm³/mol. The molecule has 3 rings (SSSR count). The predicted octanol–water partition coefficient (Wildman–Crippen LogP) is 3.86. The van der Waals surface area contributed by atoms with E-state index >= 15 is 0 Å².